The molecule has 0 bridgehead atoms. The van der Waals surface area contributed by atoms with Crippen molar-refractivity contribution in [3.63, 3.8) is 0 Å². The molecular formula is C6H11ClO2. The van der Waals surface area contributed by atoms with E-state index in [4.69, 9.17) is 11.9 Å². The maximum absolute atomic E-state index is 10.9. The third kappa shape index (κ3) is 3.49. The summed E-state index contributed by atoms with van der Waals surface area (Å²) in [5, 5.41) is 0. The van der Waals surface area contributed by atoms with Crippen molar-refractivity contribution in [3.8, 4) is 0 Å². The summed E-state index contributed by atoms with van der Waals surface area (Å²) in [6.45, 7) is 5.47. The SMILES string of the molecule is CC(C)(C)C(=O)COCl. The van der Waals surface area contributed by atoms with Gasteiger partial charge in [0.25, 0.3) is 0 Å². The summed E-state index contributed by atoms with van der Waals surface area (Å²) in [6.07, 6.45) is 0. The average molecular weight is 151 g/mol. The van der Waals surface area contributed by atoms with Crippen molar-refractivity contribution in [1.29, 1.82) is 0 Å². The van der Waals surface area contributed by atoms with E-state index in [1.165, 1.54) is 0 Å². The molecule has 0 heterocycles. The first-order valence-corrected chi connectivity index (χ1v) is 3.06. The van der Waals surface area contributed by atoms with Crippen molar-refractivity contribution in [2.24, 2.45) is 5.41 Å². The highest BCUT2D eigenvalue weighted by molar-refractivity contribution is 6.08. The zero-order valence-corrected chi connectivity index (χ0v) is 6.66. The van der Waals surface area contributed by atoms with Crippen molar-refractivity contribution in [2.75, 3.05) is 6.61 Å². The first kappa shape index (κ1) is 8.92. The van der Waals surface area contributed by atoms with Gasteiger partial charge in [-0.1, -0.05) is 20.8 Å². The summed E-state index contributed by atoms with van der Waals surface area (Å²) < 4.78 is 4.15. The predicted molar refractivity (Wildman–Crippen MR) is 36.3 cm³/mol. The minimum Gasteiger partial charge on any atom is -0.296 e. The van der Waals surface area contributed by atoms with E-state index in [1.54, 1.807) is 0 Å². The minimum absolute atomic E-state index is 0.00887. The van der Waals surface area contributed by atoms with Crippen molar-refractivity contribution < 1.29 is 9.08 Å². The average Bonchev–Trinajstić information content (AvgIpc) is 1.64. The molecule has 0 aromatic carbocycles. The summed E-state index contributed by atoms with van der Waals surface area (Å²) in [4.78, 5) is 10.9. The molecule has 0 saturated heterocycles. The number of rotatable bonds is 2. The lowest BCUT2D eigenvalue weighted by atomic mass is 9.91. The van der Waals surface area contributed by atoms with Crippen LogP contribution in [-0.4, -0.2) is 12.4 Å². The standard InChI is InChI=1S/C6H11ClO2/c1-6(2,3)5(8)4-9-7/h4H2,1-3H3. The van der Waals surface area contributed by atoms with E-state index in [0.29, 0.717) is 0 Å². The highest BCUT2D eigenvalue weighted by Gasteiger charge is 2.20. The quantitative estimate of drug-likeness (QED) is 0.600. The molecule has 0 unspecified atom stereocenters. The molecule has 0 N–H and O–H groups in total. The number of carbonyl (C=O) groups is 1. The molecule has 0 atom stereocenters. The maximum atomic E-state index is 10.9. The van der Waals surface area contributed by atoms with Crippen LogP contribution in [0.2, 0.25) is 0 Å². The smallest absolute Gasteiger partial charge is 0.165 e. The van der Waals surface area contributed by atoms with Gasteiger partial charge in [-0.3, -0.25) is 9.08 Å². The molecule has 9 heavy (non-hydrogen) atoms. The third-order valence-corrected chi connectivity index (χ3v) is 1.13. The predicted octanol–water partition coefficient (Wildman–Crippen LogP) is 1.77. The summed E-state index contributed by atoms with van der Waals surface area (Å²) in [5.74, 6) is 0.0116. The molecule has 0 radical (unpaired) electrons. The van der Waals surface area contributed by atoms with E-state index in [-0.39, 0.29) is 17.8 Å². The van der Waals surface area contributed by atoms with E-state index in [9.17, 15) is 4.79 Å². The molecule has 0 aliphatic carbocycles. The van der Waals surface area contributed by atoms with E-state index in [2.05, 4.69) is 4.29 Å². The molecule has 0 aromatic heterocycles. The maximum Gasteiger partial charge on any atom is 0.165 e. The molecule has 0 saturated carbocycles. The van der Waals surface area contributed by atoms with Gasteiger partial charge in [0.15, 0.2) is 5.78 Å². The van der Waals surface area contributed by atoms with Crippen LogP contribution in [0.15, 0.2) is 0 Å². The van der Waals surface area contributed by atoms with Gasteiger partial charge in [-0.2, -0.15) is 0 Å². The number of hydrogen-bond acceptors (Lipinski definition) is 2. The Hall–Kier alpha value is -0.0800. The molecule has 3 heteroatoms. The van der Waals surface area contributed by atoms with E-state index in [0.717, 1.165) is 0 Å². The Bertz CT molecular complexity index is 104. The second kappa shape index (κ2) is 3.18. The first-order valence-electron chi connectivity index (χ1n) is 2.75. The van der Waals surface area contributed by atoms with Crippen LogP contribution >= 0.6 is 11.9 Å². The molecule has 0 spiro atoms. The van der Waals surface area contributed by atoms with Crippen molar-refractivity contribution in [2.45, 2.75) is 20.8 Å². The lowest BCUT2D eigenvalue weighted by Gasteiger charge is -2.14. The van der Waals surface area contributed by atoms with Gasteiger partial charge in [0.2, 0.25) is 0 Å². The highest BCUT2D eigenvalue weighted by atomic mass is 35.5. The van der Waals surface area contributed by atoms with Gasteiger partial charge in [-0.25, -0.2) is 0 Å². The Kier molecular flexibility index (Phi) is 3.15. The second-order valence-electron chi connectivity index (χ2n) is 2.93. The lowest BCUT2D eigenvalue weighted by Crippen LogP contribution is -2.23. The minimum atomic E-state index is -0.338. The molecule has 0 amide bonds. The van der Waals surface area contributed by atoms with Gasteiger partial charge in [-0.15, -0.1) is 0 Å². The largest absolute Gasteiger partial charge is 0.296 e. The van der Waals surface area contributed by atoms with Gasteiger partial charge in [0.05, 0.1) is 11.9 Å². The Morgan fingerprint density at radius 2 is 2.00 bits per heavy atom. The fraction of sp³-hybridized carbons (Fsp3) is 0.833. The van der Waals surface area contributed by atoms with E-state index >= 15 is 0 Å². The highest BCUT2D eigenvalue weighted by Crippen LogP contribution is 2.14. The van der Waals surface area contributed by atoms with Gasteiger partial charge in [-0.05, 0) is 0 Å². The molecule has 0 rings (SSSR count). The van der Waals surface area contributed by atoms with E-state index < -0.39 is 0 Å². The van der Waals surface area contributed by atoms with Gasteiger partial charge < -0.3 is 0 Å². The fourth-order valence-electron chi connectivity index (χ4n) is 0.266. The molecule has 0 fully saturated rings. The van der Waals surface area contributed by atoms with Crippen LogP contribution in [0.4, 0.5) is 0 Å². The van der Waals surface area contributed by atoms with Crippen LogP contribution in [0, 0.1) is 5.41 Å². The monoisotopic (exact) mass is 150 g/mol. The van der Waals surface area contributed by atoms with Crippen LogP contribution in [0.5, 0.6) is 0 Å². The Morgan fingerprint density at radius 1 is 1.56 bits per heavy atom. The first-order chi connectivity index (χ1) is 3.98. The molecule has 54 valence electrons. The third-order valence-electron chi connectivity index (χ3n) is 1.02. The fourth-order valence-corrected chi connectivity index (χ4v) is 0.365. The lowest BCUT2D eigenvalue weighted by molar-refractivity contribution is -0.128. The van der Waals surface area contributed by atoms with Crippen molar-refractivity contribution in [3.05, 3.63) is 0 Å². The van der Waals surface area contributed by atoms with Gasteiger partial charge in [0.1, 0.15) is 6.61 Å². The molecule has 0 aliphatic heterocycles. The zero-order valence-electron chi connectivity index (χ0n) is 5.90. The number of hydrogen-bond donors (Lipinski definition) is 0. The van der Waals surface area contributed by atoms with Gasteiger partial charge >= 0.3 is 0 Å². The molecule has 0 aliphatic rings. The summed E-state index contributed by atoms with van der Waals surface area (Å²) in [6, 6.07) is 0. The van der Waals surface area contributed by atoms with E-state index in [1.807, 2.05) is 20.8 Å². The molecule has 0 aromatic rings. The number of carbonyl (C=O) groups excluding carboxylic acids is 1. The van der Waals surface area contributed by atoms with Crippen molar-refractivity contribution >= 4 is 17.6 Å². The number of Topliss-reactive ketones (excluding diaryl/α,β-unsaturated/α-hetero) is 1. The Labute approximate surface area is 60.3 Å². The topological polar surface area (TPSA) is 26.3 Å². The molecule has 2 nitrogen and oxygen atoms in total. The van der Waals surface area contributed by atoms with Gasteiger partial charge in [0, 0.05) is 5.41 Å². The molecular weight excluding hydrogens is 140 g/mol. The Balaban J connectivity index is 3.74. The number of ketones is 1. The van der Waals surface area contributed by atoms with Crippen LogP contribution in [-0.2, 0) is 9.08 Å². The summed E-state index contributed by atoms with van der Waals surface area (Å²) >= 11 is 4.88. The normalized spacial score (nSPS) is 11.6. The zero-order chi connectivity index (χ0) is 7.49. The van der Waals surface area contributed by atoms with Crippen LogP contribution in [0.3, 0.4) is 0 Å². The van der Waals surface area contributed by atoms with Crippen LogP contribution < -0.4 is 0 Å². The van der Waals surface area contributed by atoms with Crippen molar-refractivity contribution in [1.82, 2.24) is 0 Å². The number of halogens is 1. The summed E-state index contributed by atoms with van der Waals surface area (Å²) in [7, 11) is 0. The van der Waals surface area contributed by atoms with Crippen LogP contribution in [0.25, 0.3) is 0 Å². The summed E-state index contributed by atoms with van der Waals surface area (Å²) in [5.41, 5.74) is -0.338. The van der Waals surface area contributed by atoms with Crippen LogP contribution in [0.1, 0.15) is 20.8 Å². The Morgan fingerprint density at radius 3 is 2.11 bits per heavy atom. The second-order valence-corrected chi connectivity index (χ2v) is 3.14.